The van der Waals surface area contributed by atoms with Gasteiger partial charge >= 0.3 is 5.97 Å². The second-order valence-electron chi connectivity index (χ2n) is 3.80. The standard InChI is InChI=1S/C11H12N4O3S/c1-7(16)13-8(11(17)18)6-19-10-3-5-15-9(14-10)2-4-12-15/h2-5,8H,6H2,1H3,(H,13,16)(H,17,18). The van der Waals surface area contributed by atoms with Crippen LogP contribution in [-0.2, 0) is 9.59 Å². The minimum absolute atomic E-state index is 0.215. The highest BCUT2D eigenvalue weighted by Gasteiger charge is 2.18. The first-order chi connectivity index (χ1) is 9.06. The molecule has 2 aromatic rings. The van der Waals surface area contributed by atoms with Gasteiger partial charge in [-0.05, 0) is 6.07 Å². The maximum atomic E-state index is 11.0. The Kier molecular flexibility index (Phi) is 4.00. The molecule has 0 aromatic carbocycles. The van der Waals surface area contributed by atoms with Gasteiger partial charge in [-0.1, -0.05) is 0 Å². The Morgan fingerprint density at radius 2 is 2.32 bits per heavy atom. The van der Waals surface area contributed by atoms with Crippen molar-refractivity contribution in [3.63, 3.8) is 0 Å². The third kappa shape index (κ3) is 3.44. The number of thioether (sulfide) groups is 1. The lowest BCUT2D eigenvalue weighted by Crippen LogP contribution is -2.41. The lowest BCUT2D eigenvalue weighted by Gasteiger charge is -2.12. The van der Waals surface area contributed by atoms with Gasteiger partial charge in [0.1, 0.15) is 11.1 Å². The highest BCUT2D eigenvalue weighted by Crippen LogP contribution is 2.17. The van der Waals surface area contributed by atoms with E-state index in [0.717, 1.165) is 0 Å². The molecular formula is C11H12N4O3S. The molecule has 0 fully saturated rings. The van der Waals surface area contributed by atoms with Crippen molar-refractivity contribution in [2.75, 3.05) is 5.75 Å². The van der Waals surface area contributed by atoms with Gasteiger partial charge in [0.25, 0.3) is 0 Å². The Morgan fingerprint density at radius 3 is 3.00 bits per heavy atom. The van der Waals surface area contributed by atoms with Crippen molar-refractivity contribution in [2.45, 2.75) is 18.0 Å². The molecule has 0 radical (unpaired) electrons. The third-order valence-electron chi connectivity index (χ3n) is 2.31. The van der Waals surface area contributed by atoms with E-state index in [4.69, 9.17) is 5.11 Å². The normalized spacial score (nSPS) is 12.3. The van der Waals surface area contributed by atoms with E-state index in [2.05, 4.69) is 15.4 Å². The van der Waals surface area contributed by atoms with E-state index in [9.17, 15) is 9.59 Å². The fourth-order valence-electron chi connectivity index (χ4n) is 1.46. The van der Waals surface area contributed by atoms with Crippen molar-refractivity contribution >= 4 is 29.3 Å². The fourth-order valence-corrected chi connectivity index (χ4v) is 2.34. The Morgan fingerprint density at radius 1 is 1.53 bits per heavy atom. The maximum absolute atomic E-state index is 11.0. The zero-order valence-corrected chi connectivity index (χ0v) is 10.9. The number of aromatic nitrogens is 3. The lowest BCUT2D eigenvalue weighted by molar-refractivity contribution is -0.140. The number of fused-ring (bicyclic) bond motifs is 1. The van der Waals surface area contributed by atoms with Gasteiger partial charge in [0.05, 0.1) is 6.20 Å². The van der Waals surface area contributed by atoms with E-state index in [1.54, 1.807) is 29.0 Å². The van der Waals surface area contributed by atoms with Gasteiger partial charge < -0.3 is 10.4 Å². The quantitative estimate of drug-likeness (QED) is 0.608. The summed E-state index contributed by atoms with van der Waals surface area (Å²) in [5, 5.41) is 16.1. The number of nitrogens with one attached hydrogen (secondary N) is 1. The molecule has 7 nitrogen and oxygen atoms in total. The largest absolute Gasteiger partial charge is 0.480 e. The SMILES string of the molecule is CC(=O)NC(CSc1ccn2nccc2n1)C(=O)O. The Labute approximate surface area is 113 Å². The van der Waals surface area contributed by atoms with Crippen LogP contribution >= 0.6 is 11.8 Å². The molecule has 2 aromatic heterocycles. The molecule has 2 rings (SSSR count). The van der Waals surface area contributed by atoms with E-state index in [-0.39, 0.29) is 11.7 Å². The topological polar surface area (TPSA) is 96.6 Å². The van der Waals surface area contributed by atoms with E-state index < -0.39 is 12.0 Å². The minimum Gasteiger partial charge on any atom is -0.480 e. The first kappa shape index (κ1) is 13.3. The van der Waals surface area contributed by atoms with Gasteiger partial charge in [-0.25, -0.2) is 14.3 Å². The monoisotopic (exact) mass is 280 g/mol. The predicted molar refractivity (Wildman–Crippen MR) is 69.0 cm³/mol. The summed E-state index contributed by atoms with van der Waals surface area (Å²) in [4.78, 5) is 26.2. The summed E-state index contributed by atoms with van der Waals surface area (Å²) in [6.45, 7) is 1.29. The molecule has 0 aliphatic rings. The van der Waals surface area contributed by atoms with Gasteiger partial charge in [0, 0.05) is 24.9 Å². The number of carbonyl (C=O) groups is 2. The number of hydrogen-bond acceptors (Lipinski definition) is 5. The molecule has 0 aliphatic heterocycles. The molecule has 2 N–H and O–H groups in total. The van der Waals surface area contributed by atoms with Crippen molar-refractivity contribution in [2.24, 2.45) is 0 Å². The van der Waals surface area contributed by atoms with Crippen LogP contribution in [-0.4, -0.2) is 43.4 Å². The van der Waals surface area contributed by atoms with Crippen LogP contribution in [0.4, 0.5) is 0 Å². The molecule has 8 heteroatoms. The molecule has 0 spiro atoms. The summed E-state index contributed by atoms with van der Waals surface area (Å²) in [5.41, 5.74) is 0.691. The van der Waals surface area contributed by atoms with Gasteiger partial charge in [-0.3, -0.25) is 4.79 Å². The summed E-state index contributed by atoms with van der Waals surface area (Å²) in [6.07, 6.45) is 3.38. The van der Waals surface area contributed by atoms with Gasteiger partial charge in [0.2, 0.25) is 5.91 Å². The summed E-state index contributed by atoms with van der Waals surface area (Å²) in [6, 6.07) is 2.58. The Hall–Kier alpha value is -2.09. The molecule has 19 heavy (non-hydrogen) atoms. The number of carboxylic acids is 1. The summed E-state index contributed by atoms with van der Waals surface area (Å²) < 4.78 is 1.62. The minimum atomic E-state index is -1.06. The van der Waals surface area contributed by atoms with E-state index >= 15 is 0 Å². The van der Waals surface area contributed by atoms with Crippen LogP contribution in [0.15, 0.2) is 29.6 Å². The van der Waals surface area contributed by atoms with E-state index in [1.807, 2.05) is 0 Å². The van der Waals surface area contributed by atoms with Crippen molar-refractivity contribution < 1.29 is 14.7 Å². The van der Waals surface area contributed by atoms with Crippen LogP contribution in [0.5, 0.6) is 0 Å². The molecule has 0 saturated heterocycles. The van der Waals surface area contributed by atoms with Crippen LogP contribution < -0.4 is 5.32 Å². The van der Waals surface area contributed by atoms with Crippen molar-refractivity contribution in [3.05, 3.63) is 24.5 Å². The van der Waals surface area contributed by atoms with Crippen LogP contribution in [0, 0.1) is 0 Å². The molecule has 0 saturated carbocycles. The van der Waals surface area contributed by atoms with Crippen LogP contribution in [0.2, 0.25) is 0 Å². The number of hydrogen-bond donors (Lipinski definition) is 2. The molecule has 1 atom stereocenters. The summed E-state index contributed by atoms with van der Waals surface area (Å²) in [5.74, 6) is -1.22. The van der Waals surface area contributed by atoms with Crippen molar-refractivity contribution in [1.82, 2.24) is 19.9 Å². The van der Waals surface area contributed by atoms with Crippen LogP contribution in [0.25, 0.3) is 5.65 Å². The number of nitrogens with zero attached hydrogens (tertiary/aromatic N) is 3. The van der Waals surface area contributed by atoms with Gasteiger partial charge in [-0.15, -0.1) is 11.8 Å². The third-order valence-corrected chi connectivity index (χ3v) is 3.33. The molecule has 1 unspecified atom stereocenters. The number of aliphatic carboxylic acids is 1. The molecule has 100 valence electrons. The highest BCUT2D eigenvalue weighted by molar-refractivity contribution is 7.99. The first-order valence-corrected chi connectivity index (χ1v) is 6.48. The van der Waals surface area contributed by atoms with Crippen molar-refractivity contribution in [1.29, 1.82) is 0 Å². The average molecular weight is 280 g/mol. The Bertz CT molecular complexity index is 613. The zero-order chi connectivity index (χ0) is 13.8. The molecule has 2 heterocycles. The lowest BCUT2D eigenvalue weighted by atomic mass is 10.3. The van der Waals surface area contributed by atoms with Gasteiger partial charge in [0.15, 0.2) is 5.65 Å². The van der Waals surface area contributed by atoms with E-state index in [0.29, 0.717) is 10.7 Å². The number of carboxylic acid groups (broad SMARTS) is 1. The van der Waals surface area contributed by atoms with Crippen LogP contribution in [0.1, 0.15) is 6.92 Å². The molecular weight excluding hydrogens is 268 g/mol. The second kappa shape index (κ2) is 5.70. The number of carbonyl (C=O) groups excluding carboxylic acids is 1. The highest BCUT2D eigenvalue weighted by atomic mass is 32.2. The average Bonchev–Trinajstić information content (AvgIpc) is 2.80. The fraction of sp³-hybridized carbons (Fsp3) is 0.273. The zero-order valence-electron chi connectivity index (χ0n) is 10.1. The molecule has 0 aliphatic carbocycles. The molecule has 0 bridgehead atoms. The number of rotatable bonds is 5. The van der Waals surface area contributed by atoms with E-state index in [1.165, 1.54) is 18.7 Å². The second-order valence-corrected chi connectivity index (χ2v) is 4.84. The summed E-state index contributed by atoms with van der Waals surface area (Å²) >= 11 is 1.27. The summed E-state index contributed by atoms with van der Waals surface area (Å²) in [7, 11) is 0. The Balaban J connectivity index is 2.03. The van der Waals surface area contributed by atoms with Crippen molar-refractivity contribution in [3.8, 4) is 0 Å². The smallest absolute Gasteiger partial charge is 0.327 e. The van der Waals surface area contributed by atoms with Crippen LogP contribution in [0.3, 0.4) is 0 Å². The maximum Gasteiger partial charge on any atom is 0.327 e. The predicted octanol–water partition coefficient (Wildman–Crippen LogP) is 0.411. The number of amides is 1. The first-order valence-electron chi connectivity index (χ1n) is 5.49. The molecule has 1 amide bonds. The van der Waals surface area contributed by atoms with Gasteiger partial charge in [-0.2, -0.15) is 5.10 Å².